The molecule has 116 valence electrons. The summed E-state index contributed by atoms with van der Waals surface area (Å²) in [6, 6.07) is 10.6. The lowest BCUT2D eigenvalue weighted by Gasteiger charge is -2.11. The van der Waals surface area contributed by atoms with Crippen LogP contribution >= 0.6 is 11.6 Å². The van der Waals surface area contributed by atoms with Crippen molar-refractivity contribution in [1.82, 2.24) is 4.90 Å². The molecule has 0 saturated heterocycles. The van der Waals surface area contributed by atoms with E-state index in [4.69, 9.17) is 11.6 Å². The molecule has 2 rings (SSSR count). The van der Waals surface area contributed by atoms with Gasteiger partial charge in [-0.25, -0.2) is 9.38 Å². The predicted octanol–water partition coefficient (Wildman–Crippen LogP) is 4.99. The summed E-state index contributed by atoms with van der Waals surface area (Å²) < 4.78 is 13.3. The van der Waals surface area contributed by atoms with Crippen LogP contribution in [0.3, 0.4) is 0 Å². The van der Waals surface area contributed by atoms with Crippen LogP contribution in [0.1, 0.15) is 23.6 Å². The van der Waals surface area contributed by atoms with Crippen molar-refractivity contribution in [2.45, 2.75) is 20.3 Å². The third kappa shape index (κ3) is 4.31. The van der Waals surface area contributed by atoms with Crippen molar-refractivity contribution in [2.24, 2.45) is 4.99 Å². The number of benzene rings is 2. The third-order valence-electron chi connectivity index (χ3n) is 3.45. The molecule has 0 spiro atoms. The zero-order valence-electron chi connectivity index (χ0n) is 13.1. The van der Waals surface area contributed by atoms with Gasteiger partial charge in [-0.05, 0) is 55.2 Å². The van der Waals surface area contributed by atoms with E-state index in [1.807, 2.05) is 37.1 Å². The lowest BCUT2D eigenvalue weighted by Crippen LogP contribution is -2.14. The second-order valence-corrected chi connectivity index (χ2v) is 5.76. The Morgan fingerprint density at radius 3 is 2.73 bits per heavy atom. The number of aryl methyl sites for hydroxylation is 1. The van der Waals surface area contributed by atoms with E-state index in [1.165, 1.54) is 12.1 Å². The van der Waals surface area contributed by atoms with Gasteiger partial charge in [0.1, 0.15) is 5.82 Å². The van der Waals surface area contributed by atoms with Crippen LogP contribution in [0.5, 0.6) is 0 Å². The molecule has 0 aromatic heterocycles. The Labute approximate surface area is 136 Å². The Morgan fingerprint density at radius 2 is 2.05 bits per heavy atom. The summed E-state index contributed by atoms with van der Waals surface area (Å²) in [5, 5.41) is 0.621. The molecule has 0 aliphatic carbocycles. The Bertz CT molecular complexity index is 683. The maximum Gasteiger partial charge on any atom is 0.123 e. The van der Waals surface area contributed by atoms with Gasteiger partial charge < -0.3 is 4.90 Å². The SMILES string of the molecule is CCN(C)C=Nc1cc(C)cc(Cc2cccc(F)c2)c1Cl. The Kier molecular flexibility index (Phi) is 5.56. The van der Waals surface area contributed by atoms with E-state index >= 15 is 0 Å². The van der Waals surface area contributed by atoms with Crippen molar-refractivity contribution >= 4 is 23.6 Å². The van der Waals surface area contributed by atoms with Crippen LogP contribution < -0.4 is 0 Å². The number of rotatable bonds is 5. The van der Waals surface area contributed by atoms with Gasteiger partial charge in [0.15, 0.2) is 0 Å². The summed E-state index contributed by atoms with van der Waals surface area (Å²) in [6.45, 7) is 4.94. The van der Waals surface area contributed by atoms with Crippen molar-refractivity contribution < 1.29 is 4.39 Å². The molecule has 0 bridgehead atoms. The molecule has 2 aromatic carbocycles. The Morgan fingerprint density at radius 1 is 1.27 bits per heavy atom. The van der Waals surface area contributed by atoms with Gasteiger partial charge in [-0.15, -0.1) is 0 Å². The molecule has 0 heterocycles. The smallest absolute Gasteiger partial charge is 0.123 e. The Balaban J connectivity index is 2.32. The largest absolute Gasteiger partial charge is 0.366 e. The zero-order chi connectivity index (χ0) is 16.1. The van der Waals surface area contributed by atoms with Crippen molar-refractivity contribution in [2.75, 3.05) is 13.6 Å². The molecule has 0 aliphatic heterocycles. The first-order chi connectivity index (χ1) is 10.5. The minimum atomic E-state index is -0.232. The molecule has 0 fully saturated rings. The summed E-state index contributed by atoms with van der Waals surface area (Å²) in [4.78, 5) is 6.43. The molecule has 0 aliphatic rings. The maximum atomic E-state index is 13.3. The van der Waals surface area contributed by atoms with Gasteiger partial charge in [-0.2, -0.15) is 0 Å². The summed E-state index contributed by atoms with van der Waals surface area (Å²) >= 11 is 6.47. The van der Waals surface area contributed by atoms with Gasteiger partial charge in [0.05, 0.1) is 17.0 Å². The standard InChI is InChI=1S/C18H20ClFN2/c1-4-22(3)12-21-17-9-13(2)8-15(18(17)19)10-14-6-5-7-16(20)11-14/h5-9,11-12H,4,10H2,1-3H3. The lowest BCUT2D eigenvalue weighted by molar-refractivity contribution is 0.552. The molecule has 2 nitrogen and oxygen atoms in total. The molecule has 0 saturated carbocycles. The molecular weight excluding hydrogens is 299 g/mol. The number of halogens is 2. The van der Waals surface area contributed by atoms with Gasteiger partial charge >= 0.3 is 0 Å². The monoisotopic (exact) mass is 318 g/mol. The highest BCUT2D eigenvalue weighted by Crippen LogP contribution is 2.31. The highest BCUT2D eigenvalue weighted by Gasteiger charge is 2.08. The average molecular weight is 319 g/mol. The van der Waals surface area contributed by atoms with Crippen LogP contribution in [-0.2, 0) is 6.42 Å². The average Bonchev–Trinajstić information content (AvgIpc) is 2.48. The molecule has 2 aromatic rings. The van der Waals surface area contributed by atoms with Crippen LogP contribution in [0, 0.1) is 12.7 Å². The molecule has 0 amide bonds. The quantitative estimate of drug-likeness (QED) is 0.560. The fourth-order valence-electron chi connectivity index (χ4n) is 2.16. The van der Waals surface area contributed by atoms with Gasteiger partial charge in [0, 0.05) is 13.6 Å². The summed E-state index contributed by atoms with van der Waals surface area (Å²) in [5.74, 6) is -0.232. The predicted molar refractivity (Wildman–Crippen MR) is 91.9 cm³/mol. The van der Waals surface area contributed by atoms with Crippen LogP contribution in [0.15, 0.2) is 41.4 Å². The van der Waals surface area contributed by atoms with Crippen molar-refractivity contribution in [3.8, 4) is 0 Å². The molecular formula is C18H20ClFN2. The highest BCUT2D eigenvalue weighted by molar-refractivity contribution is 6.33. The van der Waals surface area contributed by atoms with E-state index in [1.54, 1.807) is 12.4 Å². The number of aliphatic imine (C=N–C) groups is 1. The van der Waals surface area contributed by atoms with Gasteiger partial charge in [0.25, 0.3) is 0 Å². The van der Waals surface area contributed by atoms with Crippen molar-refractivity contribution in [1.29, 1.82) is 0 Å². The fourth-order valence-corrected chi connectivity index (χ4v) is 2.38. The first kappa shape index (κ1) is 16.5. The van der Waals surface area contributed by atoms with E-state index in [0.717, 1.165) is 28.9 Å². The fraction of sp³-hybridized carbons (Fsp3) is 0.278. The number of nitrogens with zero attached hydrogens (tertiary/aromatic N) is 2. The normalized spacial score (nSPS) is 11.1. The van der Waals surface area contributed by atoms with Crippen molar-refractivity contribution in [3.05, 3.63) is 63.9 Å². The molecule has 22 heavy (non-hydrogen) atoms. The number of hydrogen-bond acceptors (Lipinski definition) is 1. The summed E-state index contributed by atoms with van der Waals surface area (Å²) in [7, 11) is 1.96. The zero-order valence-corrected chi connectivity index (χ0v) is 13.9. The summed E-state index contributed by atoms with van der Waals surface area (Å²) in [6.07, 6.45) is 2.36. The van der Waals surface area contributed by atoms with E-state index < -0.39 is 0 Å². The van der Waals surface area contributed by atoms with Gasteiger partial charge in [-0.1, -0.05) is 29.8 Å². The maximum absolute atomic E-state index is 13.3. The summed E-state index contributed by atoms with van der Waals surface area (Å²) in [5.41, 5.74) is 3.68. The molecule has 0 unspecified atom stereocenters. The van der Waals surface area contributed by atoms with Gasteiger partial charge in [0.2, 0.25) is 0 Å². The second-order valence-electron chi connectivity index (χ2n) is 5.38. The van der Waals surface area contributed by atoms with Crippen LogP contribution in [-0.4, -0.2) is 24.8 Å². The van der Waals surface area contributed by atoms with Crippen LogP contribution in [0.2, 0.25) is 5.02 Å². The molecule has 0 radical (unpaired) electrons. The molecule has 0 atom stereocenters. The first-order valence-corrected chi connectivity index (χ1v) is 7.65. The lowest BCUT2D eigenvalue weighted by atomic mass is 10.0. The number of hydrogen-bond donors (Lipinski definition) is 0. The Hall–Kier alpha value is -1.87. The van der Waals surface area contributed by atoms with Crippen LogP contribution in [0.4, 0.5) is 10.1 Å². The van der Waals surface area contributed by atoms with Gasteiger partial charge in [-0.3, -0.25) is 0 Å². The van der Waals surface area contributed by atoms with E-state index in [2.05, 4.69) is 11.9 Å². The van der Waals surface area contributed by atoms with E-state index in [0.29, 0.717) is 11.4 Å². The molecule has 0 N–H and O–H groups in total. The topological polar surface area (TPSA) is 15.6 Å². The molecule has 4 heteroatoms. The van der Waals surface area contributed by atoms with Crippen LogP contribution in [0.25, 0.3) is 0 Å². The van der Waals surface area contributed by atoms with Crippen molar-refractivity contribution in [3.63, 3.8) is 0 Å². The van der Waals surface area contributed by atoms with E-state index in [-0.39, 0.29) is 5.82 Å². The highest BCUT2D eigenvalue weighted by atomic mass is 35.5. The van der Waals surface area contributed by atoms with E-state index in [9.17, 15) is 4.39 Å². The minimum absolute atomic E-state index is 0.232. The first-order valence-electron chi connectivity index (χ1n) is 7.27. The minimum Gasteiger partial charge on any atom is -0.366 e. The third-order valence-corrected chi connectivity index (χ3v) is 3.89. The second kappa shape index (κ2) is 7.41.